The lowest BCUT2D eigenvalue weighted by Gasteiger charge is -1.93. The van der Waals surface area contributed by atoms with Crippen LogP contribution in [-0.4, -0.2) is 11.5 Å². The molecule has 2 rings (SSSR count). The molecule has 2 aromatic rings. The molecule has 0 fully saturated rings. The Morgan fingerprint density at radius 3 is 3.13 bits per heavy atom. The van der Waals surface area contributed by atoms with Gasteiger partial charge in [-0.1, -0.05) is 0 Å². The van der Waals surface area contributed by atoms with E-state index < -0.39 is 0 Å². The van der Waals surface area contributed by atoms with Gasteiger partial charge >= 0.3 is 0 Å². The third kappa shape index (κ3) is 2.91. The summed E-state index contributed by atoms with van der Waals surface area (Å²) in [7, 11) is 0. The van der Waals surface area contributed by atoms with E-state index in [-0.39, 0.29) is 0 Å². The lowest BCUT2D eigenvalue weighted by molar-refractivity contribution is 0.520. The summed E-state index contributed by atoms with van der Waals surface area (Å²) in [6, 6.07) is 3.87. The molecule has 0 atom stereocenters. The molecule has 0 aliphatic carbocycles. The highest BCUT2D eigenvalue weighted by molar-refractivity contribution is 7.09. The second kappa shape index (κ2) is 5.09. The Bertz CT molecular complexity index is 394. The maximum Gasteiger partial charge on any atom is 0.110 e. The van der Waals surface area contributed by atoms with Crippen molar-refractivity contribution in [2.24, 2.45) is 5.73 Å². The molecule has 3 nitrogen and oxygen atoms in total. The molecule has 0 aliphatic rings. The van der Waals surface area contributed by atoms with Gasteiger partial charge in [-0.3, -0.25) is 0 Å². The molecule has 0 aromatic carbocycles. The van der Waals surface area contributed by atoms with E-state index in [0.29, 0.717) is 0 Å². The van der Waals surface area contributed by atoms with Crippen LogP contribution in [0.15, 0.2) is 28.2 Å². The van der Waals surface area contributed by atoms with E-state index in [1.54, 1.807) is 17.6 Å². The number of thiazole rings is 1. The minimum absolute atomic E-state index is 0.727. The van der Waals surface area contributed by atoms with Gasteiger partial charge in [-0.05, 0) is 31.5 Å². The van der Waals surface area contributed by atoms with Crippen LogP contribution < -0.4 is 5.73 Å². The molecular weight excluding hydrogens is 208 g/mol. The molecule has 0 aliphatic heterocycles. The van der Waals surface area contributed by atoms with Gasteiger partial charge in [0.05, 0.1) is 18.4 Å². The maximum absolute atomic E-state index is 5.45. The van der Waals surface area contributed by atoms with Crippen molar-refractivity contribution in [2.45, 2.75) is 19.3 Å². The van der Waals surface area contributed by atoms with Crippen molar-refractivity contribution in [3.8, 4) is 0 Å². The minimum atomic E-state index is 0.727. The molecule has 0 amide bonds. The second-order valence-corrected chi connectivity index (χ2v) is 4.32. The molecule has 2 heterocycles. The van der Waals surface area contributed by atoms with Gasteiger partial charge in [-0.2, -0.15) is 0 Å². The van der Waals surface area contributed by atoms with Gasteiger partial charge in [0.1, 0.15) is 10.8 Å². The monoisotopic (exact) mass is 222 g/mol. The summed E-state index contributed by atoms with van der Waals surface area (Å²) in [5.41, 5.74) is 6.60. The smallest absolute Gasteiger partial charge is 0.110 e. The Balaban J connectivity index is 1.95. The Kier molecular flexibility index (Phi) is 3.53. The van der Waals surface area contributed by atoms with Crippen molar-refractivity contribution in [1.82, 2.24) is 4.98 Å². The first kappa shape index (κ1) is 10.4. The summed E-state index contributed by atoms with van der Waals surface area (Å²) in [4.78, 5) is 4.53. The zero-order valence-electron chi connectivity index (χ0n) is 8.48. The van der Waals surface area contributed by atoms with Crippen LogP contribution in [0.4, 0.5) is 0 Å². The third-order valence-corrected chi connectivity index (χ3v) is 3.04. The van der Waals surface area contributed by atoms with E-state index >= 15 is 0 Å². The highest BCUT2D eigenvalue weighted by atomic mass is 32.1. The van der Waals surface area contributed by atoms with E-state index in [0.717, 1.165) is 42.3 Å². The van der Waals surface area contributed by atoms with Crippen LogP contribution in [-0.2, 0) is 12.8 Å². The van der Waals surface area contributed by atoms with Crippen molar-refractivity contribution in [1.29, 1.82) is 0 Å². The summed E-state index contributed by atoms with van der Waals surface area (Å²) >= 11 is 1.69. The van der Waals surface area contributed by atoms with Gasteiger partial charge in [-0.15, -0.1) is 11.3 Å². The topological polar surface area (TPSA) is 52.0 Å². The fourth-order valence-corrected chi connectivity index (χ4v) is 2.23. The molecule has 15 heavy (non-hydrogen) atoms. The highest BCUT2D eigenvalue weighted by Gasteiger charge is 2.04. The fraction of sp³-hybridized carbons (Fsp3) is 0.364. The standard InChI is InChI=1S/C11H14N2OS/c12-5-1-3-9-8-15-11(13-9)7-10-4-2-6-14-10/h2,4,6,8H,1,3,5,7,12H2. The molecular formula is C11H14N2OS. The molecule has 0 spiro atoms. The molecule has 0 bridgehead atoms. The van der Waals surface area contributed by atoms with Gasteiger partial charge in [0, 0.05) is 5.38 Å². The predicted molar refractivity (Wildman–Crippen MR) is 61.0 cm³/mol. The van der Waals surface area contributed by atoms with Crippen LogP contribution in [0.1, 0.15) is 22.9 Å². The summed E-state index contributed by atoms with van der Waals surface area (Å²) in [5.74, 6) is 0.967. The van der Waals surface area contributed by atoms with Crippen molar-refractivity contribution < 1.29 is 4.42 Å². The van der Waals surface area contributed by atoms with Crippen molar-refractivity contribution in [3.05, 3.63) is 40.2 Å². The Morgan fingerprint density at radius 1 is 1.47 bits per heavy atom. The van der Waals surface area contributed by atoms with Crippen LogP contribution in [0, 0.1) is 0 Å². The molecule has 4 heteroatoms. The van der Waals surface area contributed by atoms with Crippen LogP contribution >= 0.6 is 11.3 Å². The Morgan fingerprint density at radius 2 is 2.40 bits per heavy atom. The number of rotatable bonds is 5. The SMILES string of the molecule is NCCCc1csc(Cc2ccco2)n1. The number of nitrogens with zero attached hydrogens (tertiary/aromatic N) is 1. The van der Waals surface area contributed by atoms with Crippen molar-refractivity contribution in [3.63, 3.8) is 0 Å². The number of nitrogens with two attached hydrogens (primary N) is 1. The molecule has 0 unspecified atom stereocenters. The van der Waals surface area contributed by atoms with E-state index in [4.69, 9.17) is 10.2 Å². The normalized spacial score (nSPS) is 10.7. The summed E-state index contributed by atoms with van der Waals surface area (Å²) in [6.07, 6.45) is 4.47. The largest absolute Gasteiger partial charge is 0.469 e. The van der Waals surface area contributed by atoms with Crippen molar-refractivity contribution in [2.75, 3.05) is 6.54 Å². The molecule has 2 N–H and O–H groups in total. The number of aryl methyl sites for hydroxylation is 1. The van der Waals surface area contributed by atoms with Gasteiger partial charge in [-0.25, -0.2) is 4.98 Å². The minimum Gasteiger partial charge on any atom is -0.469 e. The lowest BCUT2D eigenvalue weighted by Crippen LogP contribution is -2.00. The lowest BCUT2D eigenvalue weighted by atomic mass is 10.2. The van der Waals surface area contributed by atoms with E-state index in [2.05, 4.69) is 10.4 Å². The summed E-state index contributed by atoms with van der Waals surface area (Å²) in [6.45, 7) is 0.727. The fourth-order valence-electron chi connectivity index (χ4n) is 1.39. The van der Waals surface area contributed by atoms with Gasteiger partial charge in [0.25, 0.3) is 0 Å². The number of hydrogen-bond donors (Lipinski definition) is 1. The average Bonchev–Trinajstić information content (AvgIpc) is 2.87. The number of furan rings is 1. The molecule has 0 saturated heterocycles. The van der Waals surface area contributed by atoms with Crippen LogP contribution in [0.3, 0.4) is 0 Å². The van der Waals surface area contributed by atoms with Crippen molar-refractivity contribution >= 4 is 11.3 Å². The molecule has 80 valence electrons. The van der Waals surface area contributed by atoms with Crippen LogP contribution in [0.5, 0.6) is 0 Å². The summed E-state index contributed by atoms with van der Waals surface area (Å²) < 4.78 is 5.27. The zero-order valence-corrected chi connectivity index (χ0v) is 9.30. The van der Waals surface area contributed by atoms with Crippen LogP contribution in [0.25, 0.3) is 0 Å². The first-order valence-electron chi connectivity index (χ1n) is 5.04. The quantitative estimate of drug-likeness (QED) is 0.844. The van der Waals surface area contributed by atoms with E-state index in [1.807, 2.05) is 12.1 Å². The predicted octanol–water partition coefficient (Wildman–Crippen LogP) is 2.22. The molecule has 0 radical (unpaired) electrons. The number of aromatic nitrogens is 1. The Labute approximate surface area is 92.9 Å². The molecule has 2 aromatic heterocycles. The van der Waals surface area contributed by atoms with Gasteiger partial charge in [0.2, 0.25) is 0 Å². The van der Waals surface area contributed by atoms with E-state index in [9.17, 15) is 0 Å². The summed E-state index contributed by atoms with van der Waals surface area (Å²) in [5, 5.41) is 3.21. The molecule has 0 saturated carbocycles. The second-order valence-electron chi connectivity index (χ2n) is 3.38. The van der Waals surface area contributed by atoms with Gasteiger partial charge < -0.3 is 10.2 Å². The van der Waals surface area contributed by atoms with Crippen LogP contribution in [0.2, 0.25) is 0 Å². The van der Waals surface area contributed by atoms with E-state index in [1.165, 1.54) is 0 Å². The average molecular weight is 222 g/mol. The highest BCUT2D eigenvalue weighted by Crippen LogP contribution is 2.15. The zero-order chi connectivity index (χ0) is 10.5. The first-order chi connectivity index (χ1) is 7.38. The third-order valence-electron chi connectivity index (χ3n) is 2.14. The first-order valence-corrected chi connectivity index (χ1v) is 5.92. The Hall–Kier alpha value is -1.13. The maximum atomic E-state index is 5.45. The van der Waals surface area contributed by atoms with Gasteiger partial charge in [0.15, 0.2) is 0 Å². The number of hydrogen-bond acceptors (Lipinski definition) is 4.